The zero-order valence-electron chi connectivity index (χ0n) is 12.2. The third kappa shape index (κ3) is 5.82. The Kier molecular flexibility index (Phi) is 6.48. The molecule has 1 rings (SSSR count). The van der Waals surface area contributed by atoms with Gasteiger partial charge in [0.1, 0.15) is 5.54 Å². The van der Waals surface area contributed by atoms with Gasteiger partial charge in [0.2, 0.25) is 0 Å². The number of rotatable bonds is 8. The highest BCUT2D eigenvalue weighted by Gasteiger charge is 2.20. The third-order valence-electron chi connectivity index (χ3n) is 3.55. The molecule has 19 heavy (non-hydrogen) atoms. The largest absolute Gasteiger partial charge is 0.306 e. The van der Waals surface area contributed by atoms with E-state index in [1.54, 1.807) is 0 Å². The van der Waals surface area contributed by atoms with Crippen LogP contribution in [-0.4, -0.2) is 42.6 Å². The predicted molar refractivity (Wildman–Crippen MR) is 77.7 cm³/mol. The van der Waals surface area contributed by atoms with Gasteiger partial charge in [0.05, 0.1) is 6.07 Å². The van der Waals surface area contributed by atoms with Crippen molar-refractivity contribution in [3.8, 4) is 6.07 Å². The Morgan fingerprint density at radius 3 is 2.63 bits per heavy atom. The minimum absolute atomic E-state index is 0.397. The first kappa shape index (κ1) is 15.6. The normalized spacial score (nSPS) is 14.1. The summed E-state index contributed by atoms with van der Waals surface area (Å²) in [6.07, 6.45) is 6.61. The first-order valence-electron chi connectivity index (χ1n) is 6.77. The summed E-state index contributed by atoms with van der Waals surface area (Å²) in [6, 6.07) is 6.44. The summed E-state index contributed by atoms with van der Waals surface area (Å²) in [5.74, 6) is 0. The van der Waals surface area contributed by atoms with E-state index in [4.69, 9.17) is 5.26 Å². The molecule has 104 valence electrons. The lowest BCUT2D eigenvalue weighted by atomic mass is 9.98. The van der Waals surface area contributed by atoms with Gasteiger partial charge in [0.25, 0.3) is 0 Å². The van der Waals surface area contributed by atoms with E-state index in [9.17, 15) is 0 Å². The molecular formula is C15H24N4. The Labute approximate surface area is 116 Å². The van der Waals surface area contributed by atoms with Gasteiger partial charge in [0, 0.05) is 18.9 Å². The van der Waals surface area contributed by atoms with Crippen molar-refractivity contribution in [1.82, 2.24) is 15.2 Å². The summed E-state index contributed by atoms with van der Waals surface area (Å²) >= 11 is 0. The van der Waals surface area contributed by atoms with Crippen LogP contribution in [0, 0.1) is 11.3 Å². The molecular weight excluding hydrogens is 236 g/mol. The Morgan fingerprint density at radius 1 is 1.37 bits per heavy atom. The molecule has 0 spiro atoms. The number of hydrogen-bond donors (Lipinski definition) is 1. The lowest BCUT2D eigenvalue weighted by Gasteiger charge is -2.22. The second-order valence-electron chi connectivity index (χ2n) is 5.21. The highest BCUT2D eigenvalue weighted by atomic mass is 15.1. The molecule has 0 fully saturated rings. The van der Waals surface area contributed by atoms with E-state index >= 15 is 0 Å². The molecule has 1 N–H and O–H groups in total. The van der Waals surface area contributed by atoms with Gasteiger partial charge < -0.3 is 10.2 Å². The lowest BCUT2D eigenvalue weighted by molar-refractivity contribution is 0.311. The Bertz CT molecular complexity index is 398. The van der Waals surface area contributed by atoms with E-state index in [0.29, 0.717) is 0 Å². The van der Waals surface area contributed by atoms with Crippen molar-refractivity contribution >= 4 is 0 Å². The summed E-state index contributed by atoms with van der Waals surface area (Å²) in [4.78, 5) is 6.33. The van der Waals surface area contributed by atoms with Crippen LogP contribution in [0.4, 0.5) is 0 Å². The minimum Gasteiger partial charge on any atom is -0.306 e. The van der Waals surface area contributed by atoms with Gasteiger partial charge in [-0.2, -0.15) is 5.26 Å². The molecule has 4 nitrogen and oxygen atoms in total. The molecule has 0 bridgehead atoms. The first-order valence-corrected chi connectivity index (χ1v) is 6.77. The standard InChI is InChI=1S/C15H24N4/c1-15(13-16,17-2)8-4-11-19(3)12-7-14-5-9-18-10-6-14/h5-6,9-10,17H,4,7-8,11-12H2,1-3H3. The highest BCUT2D eigenvalue weighted by molar-refractivity contribution is 5.09. The van der Waals surface area contributed by atoms with E-state index in [1.807, 2.05) is 26.4 Å². The fourth-order valence-electron chi connectivity index (χ4n) is 1.92. The number of nitriles is 1. The summed E-state index contributed by atoms with van der Waals surface area (Å²) < 4.78 is 0. The lowest BCUT2D eigenvalue weighted by Crippen LogP contribution is -2.38. The van der Waals surface area contributed by atoms with Crippen molar-refractivity contribution in [2.24, 2.45) is 0 Å². The summed E-state index contributed by atoms with van der Waals surface area (Å²) in [7, 11) is 3.97. The average Bonchev–Trinajstić information content (AvgIpc) is 2.46. The second-order valence-corrected chi connectivity index (χ2v) is 5.21. The smallest absolute Gasteiger partial charge is 0.103 e. The van der Waals surface area contributed by atoms with Crippen molar-refractivity contribution < 1.29 is 0 Å². The van der Waals surface area contributed by atoms with Crippen LogP contribution in [-0.2, 0) is 6.42 Å². The van der Waals surface area contributed by atoms with E-state index in [2.05, 4.69) is 40.5 Å². The van der Waals surface area contributed by atoms with Gasteiger partial charge in [-0.25, -0.2) is 0 Å². The molecule has 1 heterocycles. The Balaban J connectivity index is 2.22. The van der Waals surface area contributed by atoms with Crippen LogP contribution in [0.25, 0.3) is 0 Å². The quantitative estimate of drug-likeness (QED) is 0.775. The average molecular weight is 260 g/mol. The van der Waals surface area contributed by atoms with Crippen LogP contribution in [0.15, 0.2) is 24.5 Å². The van der Waals surface area contributed by atoms with E-state index in [0.717, 1.165) is 32.4 Å². The number of nitrogens with zero attached hydrogens (tertiary/aromatic N) is 3. The number of hydrogen-bond acceptors (Lipinski definition) is 4. The molecule has 0 aliphatic heterocycles. The van der Waals surface area contributed by atoms with Crippen molar-refractivity contribution in [2.75, 3.05) is 27.2 Å². The number of pyridine rings is 1. The van der Waals surface area contributed by atoms with Crippen LogP contribution in [0.3, 0.4) is 0 Å². The first-order chi connectivity index (χ1) is 9.09. The molecule has 1 aromatic rings. The molecule has 0 aliphatic rings. The molecule has 0 saturated carbocycles. The van der Waals surface area contributed by atoms with Gasteiger partial charge in [-0.3, -0.25) is 4.98 Å². The maximum absolute atomic E-state index is 9.07. The topological polar surface area (TPSA) is 52.0 Å². The molecule has 0 saturated heterocycles. The molecule has 1 aromatic heterocycles. The van der Waals surface area contributed by atoms with Crippen LogP contribution in [0.2, 0.25) is 0 Å². The monoisotopic (exact) mass is 260 g/mol. The predicted octanol–water partition coefficient (Wildman–Crippen LogP) is 1.84. The van der Waals surface area contributed by atoms with Crippen LogP contribution in [0.1, 0.15) is 25.3 Å². The maximum Gasteiger partial charge on any atom is 0.103 e. The van der Waals surface area contributed by atoms with Crippen LogP contribution in [0.5, 0.6) is 0 Å². The molecule has 4 heteroatoms. The van der Waals surface area contributed by atoms with Gasteiger partial charge in [-0.05, 0) is 64.5 Å². The zero-order valence-corrected chi connectivity index (χ0v) is 12.2. The maximum atomic E-state index is 9.07. The third-order valence-corrected chi connectivity index (χ3v) is 3.55. The summed E-state index contributed by atoms with van der Waals surface area (Å²) in [6.45, 7) is 4.00. The summed E-state index contributed by atoms with van der Waals surface area (Å²) in [5, 5.41) is 12.1. The highest BCUT2D eigenvalue weighted by Crippen LogP contribution is 2.10. The SMILES string of the molecule is CNC(C)(C#N)CCCN(C)CCc1ccncc1. The van der Waals surface area contributed by atoms with Crippen molar-refractivity contribution in [2.45, 2.75) is 31.7 Å². The van der Waals surface area contributed by atoms with Gasteiger partial charge in [0.15, 0.2) is 0 Å². The van der Waals surface area contributed by atoms with E-state index < -0.39 is 5.54 Å². The van der Waals surface area contributed by atoms with Crippen molar-refractivity contribution in [3.63, 3.8) is 0 Å². The molecule has 0 aliphatic carbocycles. The van der Waals surface area contributed by atoms with Crippen LogP contribution >= 0.6 is 0 Å². The summed E-state index contributed by atoms with van der Waals surface area (Å²) in [5.41, 5.74) is 0.922. The number of aromatic nitrogens is 1. The van der Waals surface area contributed by atoms with Gasteiger partial charge >= 0.3 is 0 Å². The molecule has 1 atom stereocenters. The fraction of sp³-hybridized carbons (Fsp3) is 0.600. The number of nitrogens with one attached hydrogen (secondary N) is 1. The minimum atomic E-state index is -0.397. The Morgan fingerprint density at radius 2 is 2.05 bits per heavy atom. The Hall–Kier alpha value is -1.44. The van der Waals surface area contributed by atoms with E-state index in [1.165, 1.54) is 5.56 Å². The van der Waals surface area contributed by atoms with Crippen molar-refractivity contribution in [3.05, 3.63) is 30.1 Å². The van der Waals surface area contributed by atoms with E-state index in [-0.39, 0.29) is 0 Å². The molecule has 0 aromatic carbocycles. The zero-order chi connectivity index (χ0) is 14.1. The van der Waals surface area contributed by atoms with Gasteiger partial charge in [-0.15, -0.1) is 0 Å². The molecule has 0 amide bonds. The second kappa shape index (κ2) is 7.88. The molecule has 0 radical (unpaired) electrons. The van der Waals surface area contributed by atoms with Gasteiger partial charge in [-0.1, -0.05) is 0 Å². The fourth-order valence-corrected chi connectivity index (χ4v) is 1.92. The molecule has 1 unspecified atom stereocenters. The van der Waals surface area contributed by atoms with Crippen LogP contribution < -0.4 is 5.32 Å². The van der Waals surface area contributed by atoms with Crippen molar-refractivity contribution in [1.29, 1.82) is 5.26 Å². The number of likely N-dealkylation sites (N-methyl/N-ethyl adjacent to an activating group) is 1.